The predicted molar refractivity (Wildman–Crippen MR) is 143 cm³/mol. The molecule has 0 rings (SSSR count). The molecule has 0 spiro atoms. The molecule has 3 atom stereocenters. The molecule has 3 unspecified atom stereocenters. The Morgan fingerprint density at radius 3 is 1.54 bits per heavy atom. The first-order valence-corrected chi connectivity index (χ1v) is 16.2. The number of carbonyl (C=O) groups is 1. The highest BCUT2D eigenvalue weighted by molar-refractivity contribution is 7.88. The minimum Gasteiger partial charge on any atom is -0.772 e. The monoisotopic (exact) mass is 540 g/mol. The van der Waals surface area contributed by atoms with Crippen LogP contribution < -0.4 is 5.73 Å². The van der Waals surface area contributed by atoms with Gasteiger partial charge >= 0.3 is 0 Å². The van der Waals surface area contributed by atoms with Crippen molar-refractivity contribution in [2.75, 3.05) is 27.2 Å². The van der Waals surface area contributed by atoms with Crippen LogP contribution in [-0.2, 0) is 26.0 Å². The Morgan fingerprint density at radius 2 is 1.23 bits per heavy atom. The third kappa shape index (κ3) is 19.3. The summed E-state index contributed by atoms with van der Waals surface area (Å²) in [6, 6.07) is 0. The Hall–Kier alpha value is -0.550. The first kappa shape index (κ1) is 34.5. The van der Waals surface area contributed by atoms with Crippen molar-refractivity contribution >= 4 is 27.1 Å². The Bertz CT molecular complexity index is 685. The summed E-state index contributed by atoms with van der Waals surface area (Å²) in [5.74, 6) is -0.605. The molecule has 10 heteroatoms. The molecule has 0 aliphatic carbocycles. The molecule has 35 heavy (non-hydrogen) atoms. The number of hydrogen-bond acceptors (Lipinski definition) is 5. The van der Waals surface area contributed by atoms with Gasteiger partial charge in [0.2, 0.25) is 0 Å². The van der Waals surface area contributed by atoms with Crippen molar-refractivity contribution in [3.63, 3.8) is 0 Å². The Balaban J connectivity index is 4.15. The number of nitrogens with zero attached hydrogens (tertiary/aromatic N) is 1. The average Bonchev–Trinajstić information content (AvgIpc) is 2.72. The van der Waals surface area contributed by atoms with Gasteiger partial charge in [-0.15, -0.1) is 0 Å². The lowest BCUT2D eigenvalue weighted by atomic mass is 10.0. The van der Waals surface area contributed by atoms with Crippen molar-refractivity contribution in [2.24, 2.45) is 5.73 Å². The second-order valence-electron chi connectivity index (χ2n) is 10.7. The maximum absolute atomic E-state index is 12.0. The number of primary amides is 1. The van der Waals surface area contributed by atoms with Crippen LogP contribution in [0.15, 0.2) is 0 Å². The molecular formula is C25H52N2O6S2. The molecule has 210 valence electrons. The lowest BCUT2D eigenvalue weighted by Crippen LogP contribution is -2.54. The summed E-state index contributed by atoms with van der Waals surface area (Å²) in [6.45, 7) is 2.00. The Labute approximate surface area is 217 Å². The van der Waals surface area contributed by atoms with Crippen LogP contribution in [0.2, 0.25) is 0 Å². The number of rotatable bonds is 24. The summed E-state index contributed by atoms with van der Waals surface area (Å²) in [7, 11) is -1.33. The number of hydrogen-bond donors (Lipinski definition) is 2. The van der Waals surface area contributed by atoms with E-state index in [1.54, 1.807) is 14.1 Å². The van der Waals surface area contributed by atoms with Crippen molar-refractivity contribution in [3.05, 3.63) is 0 Å². The van der Waals surface area contributed by atoms with Crippen molar-refractivity contribution < 1.29 is 31.0 Å². The maximum Gasteiger partial charge on any atom is 0.272 e. The zero-order valence-corrected chi connectivity index (χ0v) is 24.1. The van der Waals surface area contributed by atoms with E-state index in [2.05, 4.69) is 6.92 Å². The van der Waals surface area contributed by atoms with Gasteiger partial charge in [0.05, 0.1) is 25.9 Å². The maximum atomic E-state index is 12.0. The van der Waals surface area contributed by atoms with Gasteiger partial charge in [0.15, 0.2) is 6.54 Å². The van der Waals surface area contributed by atoms with E-state index >= 15 is 0 Å². The van der Waals surface area contributed by atoms with Gasteiger partial charge in [0.25, 0.3) is 16.0 Å². The third-order valence-electron chi connectivity index (χ3n) is 6.64. The number of amides is 1. The molecular weight excluding hydrogens is 488 g/mol. The number of quaternary nitrogens is 1. The SMILES string of the molecule is CCCCCCCCCCCCCCCCCCC(C(C[N+](C)(C)CC(N)=O)S(=O)[O-])S(=O)(=O)O. The third-order valence-corrected chi connectivity index (χ3v) is 9.12. The molecule has 0 saturated carbocycles. The lowest BCUT2D eigenvalue weighted by molar-refractivity contribution is -0.881. The number of unbranched alkanes of at least 4 members (excludes halogenated alkanes) is 15. The number of carbonyl (C=O) groups excluding carboxylic acids is 1. The van der Waals surface area contributed by atoms with Gasteiger partial charge in [-0.05, 0) is 17.5 Å². The molecule has 0 fully saturated rings. The fourth-order valence-electron chi connectivity index (χ4n) is 4.70. The standard InChI is InChI=1S/C25H52N2O6S2/c1-4-5-6-7-8-9-10-11-12-13-14-15-16-17-18-19-20-24(35(31,32)33)23(34(29)30)21-27(2,3)22-25(26)28/h23-24H,4-22H2,1-3H3,(H3-,26,28,29,30,31,32,33). The van der Waals surface area contributed by atoms with Gasteiger partial charge in [-0.2, -0.15) is 8.42 Å². The van der Waals surface area contributed by atoms with Crippen LogP contribution in [0.4, 0.5) is 0 Å². The first-order chi connectivity index (χ1) is 16.4. The lowest BCUT2D eigenvalue weighted by Gasteiger charge is -2.35. The molecule has 1 amide bonds. The van der Waals surface area contributed by atoms with Gasteiger partial charge in [-0.3, -0.25) is 13.6 Å². The van der Waals surface area contributed by atoms with Gasteiger partial charge in [-0.25, -0.2) is 0 Å². The van der Waals surface area contributed by atoms with Gasteiger partial charge in [-0.1, -0.05) is 110 Å². The van der Waals surface area contributed by atoms with E-state index in [0.29, 0.717) is 6.42 Å². The van der Waals surface area contributed by atoms with E-state index in [1.807, 2.05) is 0 Å². The zero-order chi connectivity index (χ0) is 26.7. The van der Waals surface area contributed by atoms with Crippen molar-refractivity contribution in [1.29, 1.82) is 0 Å². The molecule has 0 saturated heterocycles. The number of nitrogens with two attached hydrogens (primary N) is 1. The molecule has 0 aliphatic rings. The summed E-state index contributed by atoms with van der Waals surface area (Å²) < 4.78 is 57.2. The first-order valence-electron chi connectivity index (χ1n) is 13.6. The second-order valence-corrected chi connectivity index (χ2v) is 13.4. The molecule has 0 aromatic rings. The molecule has 0 radical (unpaired) electrons. The molecule has 0 aliphatic heterocycles. The summed E-state index contributed by atoms with van der Waals surface area (Å²) in [5.41, 5.74) is 5.22. The van der Waals surface area contributed by atoms with Crippen LogP contribution >= 0.6 is 0 Å². The molecule has 8 nitrogen and oxygen atoms in total. The second kappa shape index (κ2) is 19.5. The number of likely N-dealkylation sites (N-methyl/N-ethyl adjacent to an activating group) is 1. The topological polar surface area (TPSA) is 138 Å². The minimum atomic E-state index is -4.55. The summed E-state index contributed by atoms with van der Waals surface area (Å²) in [6.07, 6.45) is 19.2. The van der Waals surface area contributed by atoms with E-state index in [0.717, 1.165) is 25.7 Å². The van der Waals surface area contributed by atoms with Crippen LogP contribution in [0.3, 0.4) is 0 Å². The molecule has 0 aromatic carbocycles. The van der Waals surface area contributed by atoms with E-state index in [1.165, 1.54) is 70.6 Å². The van der Waals surface area contributed by atoms with Gasteiger partial charge in [0, 0.05) is 0 Å². The van der Waals surface area contributed by atoms with Crippen molar-refractivity contribution in [1.82, 2.24) is 0 Å². The summed E-state index contributed by atoms with van der Waals surface area (Å²) in [5, 5.41) is -2.71. The van der Waals surface area contributed by atoms with Crippen molar-refractivity contribution in [2.45, 2.75) is 127 Å². The van der Waals surface area contributed by atoms with E-state index in [4.69, 9.17) is 5.73 Å². The fourth-order valence-corrected chi connectivity index (χ4v) is 7.23. The predicted octanol–water partition coefficient (Wildman–Crippen LogP) is 4.70. The van der Waals surface area contributed by atoms with E-state index in [9.17, 15) is 26.5 Å². The fraction of sp³-hybridized carbons (Fsp3) is 0.960. The quantitative estimate of drug-likeness (QED) is 0.0787. The summed E-state index contributed by atoms with van der Waals surface area (Å²) >= 11 is -2.72. The molecule has 0 bridgehead atoms. The van der Waals surface area contributed by atoms with Gasteiger partial charge < -0.3 is 14.8 Å². The average molecular weight is 541 g/mol. The van der Waals surface area contributed by atoms with Crippen LogP contribution in [0.25, 0.3) is 0 Å². The van der Waals surface area contributed by atoms with Crippen LogP contribution in [0, 0.1) is 0 Å². The minimum absolute atomic E-state index is 0.0705. The zero-order valence-electron chi connectivity index (χ0n) is 22.4. The molecule has 0 heterocycles. The van der Waals surface area contributed by atoms with Crippen LogP contribution in [0.5, 0.6) is 0 Å². The van der Waals surface area contributed by atoms with E-state index < -0.39 is 37.6 Å². The van der Waals surface area contributed by atoms with Crippen LogP contribution in [-0.4, -0.2) is 69.8 Å². The molecule has 3 N–H and O–H groups in total. The van der Waals surface area contributed by atoms with Gasteiger partial charge in [0.1, 0.15) is 5.25 Å². The van der Waals surface area contributed by atoms with E-state index in [-0.39, 0.29) is 24.0 Å². The largest absolute Gasteiger partial charge is 0.772 e. The van der Waals surface area contributed by atoms with Crippen LogP contribution in [0.1, 0.15) is 116 Å². The smallest absolute Gasteiger partial charge is 0.272 e. The Morgan fingerprint density at radius 1 is 0.857 bits per heavy atom. The summed E-state index contributed by atoms with van der Waals surface area (Å²) in [4.78, 5) is 11.3. The van der Waals surface area contributed by atoms with Crippen molar-refractivity contribution in [3.8, 4) is 0 Å². The Kier molecular flexibility index (Phi) is 19.2. The highest BCUT2D eigenvalue weighted by atomic mass is 32.2. The highest BCUT2D eigenvalue weighted by Gasteiger charge is 2.37. The highest BCUT2D eigenvalue weighted by Crippen LogP contribution is 2.21. The molecule has 0 aromatic heterocycles. The normalized spacial score (nSPS) is 15.1.